The first-order valence-corrected chi connectivity index (χ1v) is 7.13. The van der Waals surface area contributed by atoms with E-state index in [0.717, 1.165) is 0 Å². The first kappa shape index (κ1) is 14.3. The summed E-state index contributed by atoms with van der Waals surface area (Å²) in [4.78, 5) is 0. The second-order valence-corrected chi connectivity index (χ2v) is 5.52. The quantitative estimate of drug-likeness (QED) is 0.732. The number of halogens is 1. The molecule has 0 bridgehead atoms. The number of hydrogen-bond acceptors (Lipinski definition) is 3. The van der Waals surface area contributed by atoms with Crippen molar-refractivity contribution >= 4 is 11.6 Å². The van der Waals surface area contributed by atoms with Crippen LogP contribution in [0.5, 0.6) is 0 Å². The minimum absolute atomic E-state index is 0.604. The second-order valence-electron chi connectivity index (χ2n) is 5.14. The molecule has 0 aliphatic heterocycles. The van der Waals surface area contributed by atoms with Crippen LogP contribution in [-0.4, -0.2) is 27.3 Å². The minimum Gasteiger partial charge on any atom is -0.326 e. The van der Waals surface area contributed by atoms with Gasteiger partial charge in [-0.15, -0.1) is 0 Å². The molecule has 2 aliphatic carbocycles. The molecule has 2 saturated carbocycles. The Labute approximate surface area is 114 Å². The third kappa shape index (κ3) is 2.46. The number of hydrogen-bond donors (Lipinski definition) is 0. The van der Waals surface area contributed by atoms with Crippen molar-refractivity contribution in [2.45, 2.75) is 44.5 Å². The van der Waals surface area contributed by atoms with E-state index in [4.69, 9.17) is 25.8 Å². The van der Waals surface area contributed by atoms with E-state index in [0.29, 0.717) is 16.9 Å². The van der Waals surface area contributed by atoms with Gasteiger partial charge in [-0.3, -0.25) is 0 Å². The molecule has 104 valence electrons. The smallest absolute Gasteiger partial charge is 0.322 e. The monoisotopic (exact) mass is 274 g/mol. The van der Waals surface area contributed by atoms with Crippen molar-refractivity contribution in [2.24, 2.45) is 11.8 Å². The molecule has 0 amide bonds. The molecule has 2 unspecified atom stereocenters. The average molecular weight is 275 g/mol. The lowest BCUT2D eigenvalue weighted by atomic mass is 10.0. The van der Waals surface area contributed by atoms with Crippen LogP contribution in [0.1, 0.15) is 38.5 Å². The highest BCUT2D eigenvalue weighted by molar-refractivity contribution is 6.31. The zero-order valence-corrected chi connectivity index (χ0v) is 12.3. The van der Waals surface area contributed by atoms with Crippen LogP contribution in [0.4, 0.5) is 0 Å². The van der Waals surface area contributed by atoms with Gasteiger partial charge in [0.15, 0.2) is 0 Å². The van der Waals surface area contributed by atoms with Crippen LogP contribution in [0.15, 0.2) is 10.6 Å². The van der Waals surface area contributed by atoms with Gasteiger partial charge in [-0.05, 0) is 30.3 Å². The third-order valence-electron chi connectivity index (χ3n) is 4.28. The fraction of sp³-hybridized carbons (Fsp3) is 0.857. The maximum absolute atomic E-state index is 6.49. The Kier molecular flexibility index (Phi) is 4.70. The van der Waals surface area contributed by atoms with Gasteiger partial charge in [0.25, 0.3) is 0 Å². The molecule has 4 heteroatoms. The van der Waals surface area contributed by atoms with Crippen LogP contribution in [-0.2, 0) is 14.2 Å². The normalized spacial score (nSPS) is 28.3. The van der Waals surface area contributed by atoms with E-state index in [2.05, 4.69) is 0 Å². The van der Waals surface area contributed by atoms with Crippen LogP contribution in [0, 0.1) is 11.8 Å². The van der Waals surface area contributed by atoms with Gasteiger partial charge >= 0.3 is 5.97 Å². The number of methoxy groups -OCH3 is 3. The highest BCUT2D eigenvalue weighted by Gasteiger charge is 2.50. The maximum Gasteiger partial charge on any atom is 0.322 e. The first-order valence-electron chi connectivity index (χ1n) is 6.75. The predicted octanol–water partition coefficient (Wildman–Crippen LogP) is 3.67. The lowest BCUT2D eigenvalue weighted by Crippen LogP contribution is -2.36. The summed E-state index contributed by atoms with van der Waals surface area (Å²) < 4.78 is 16.0. The molecule has 2 aliphatic rings. The van der Waals surface area contributed by atoms with Crippen LogP contribution in [0.25, 0.3) is 0 Å². The molecule has 0 spiro atoms. The Balaban J connectivity index is 2.20. The van der Waals surface area contributed by atoms with Crippen molar-refractivity contribution < 1.29 is 14.2 Å². The summed E-state index contributed by atoms with van der Waals surface area (Å²) in [7, 11) is 4.67. The van der Waals surface area contributed by atoms with Crippen molar-refractivity contribution in [1.29, 1.82) is 0 Å². The summed E-state index contributed by atoms with van der Waals surface area (Å²) >= 11 is 6.49. The summed E-state index contributed by atoms with van der Waals surface area (Å²) in [5.74, 6) is 0.0352. The number of fused-ring (bicyclic) bond motifs is 1. The summed E-state index contributed by atoms with van der Waals surface area (Å²) in [6, 6.07) is 0. The zero-order valence-electron chi connectivity index (χ0n) is 11.5. The van der Waals surface area contributed by atoms with Gasteiger partial charge in [0.1, 0.15) is 5.03 Å². The van der Waals surface area contributed by atoms with Crippen molar-refractivity contribution in [3.63, 3.8) is 0 Å². The van der Waals surface area contributed by atoms with E-state index < -0.39 is 5.97 Å². The molecule has 0 saturated heterocycles. The molecule has 0 N–H and O–H groups in total. The predicted molar refractivity (Wildman–Crippen MR) is 71.3 cm³/mol. The molecular formula is C14H23ClO3. The first-order chi connectivity index (χ1) is 8.70. The van der Waals surface area contributed by atoms with Crippen LogP contribution in [0.3, 0.4) is 0 Å². The molecule has 0 aromatic rings. The molecule has 0 aromatic carbocycles. The lowest BCUT2D eigenvalue weighted by Gasteiger charge is -2.28. The van der Waals surface area contributed by atoms with Gasteiger partial charge in [0.2, 0.25) is 0 Å². The molecule has 2 rings (SSSR count). The van der Waals surface area contributed by atoms with Crippen molar-refractivity contribution in [2.75, 3.05) is 21.3 Å². The van der Waals surface area contributed by atoms with E-state index in [1.807, 2.05) is 0 Å². The molecule has 2 fully saturated rings. The highest BCUT2D eigenvalue weighted by atomic mass is 35.5. The van der Waals surface area contributed by atoms with Gasteiger partial charge < -0.3 is 14.2 Å². The van der Waals surface area contributed by atoms with Crippen LogP contribution in [0.2, 0.25) is 0 Å². The second kappa shape index (κ2) is 5.91. The SMILES string of the molecule is COC(OC)(OC)C(Cl)=C1C2CCCCCCC12. The van der Waals surface area contributed by atoms with Crippen molar-refractivity contribution in [3.05, 3.63) is 10.6 Å². The minimum atomic E-state index is -1.21. The Morgan fingerprint density at radius 1 is 0.944 bits per heavy atom. The Morgan fingerprint density at radius 3 is 1.78 bits per heavy atom. The van der Waals surface area contributed by atoms with Gasteiger partial charge in [0, 0.05) is 21.3 Å². The molecule has 0 radical (unpaired) electrons. The highest BCUT2D eigenvalue weighted by Crippen LogP contribution is 2.57. The molecule has 2 atom stereocenters. The molecule has 3 nitrogen and oxygen atoms in total. The number of rotatable bonds is 4. The summed E-state index contributed by atoms with van der Waals surface area (Å²) in [5, 5.41) is 0.604. The van der Waals surface area contributed by atoms with E-state index in [9.17, 15) is 0 Å². The third-order valence-corrected chi connectivity index (χ3v) is 4.73. The van der Waals surface area contributed by atoms with Gasteiger partial charge in [0.05, 0.1) is 0 Å². The Bertz CT molecular complexity index is 299. The van der Waals surface area contributed by atoms with Crippen LogP contribution < -0.4 is 0 Å². The Hall–Kier alpha value is -0.0900. The summed E-state index contributed by atoms with van der Waals surface area (Å²) in [6.07, 6.45) is 7.77. The standard InChI is InChI=1S/C14H23ClO3/c1-16-14(17-2,18-3)13(15)12-10-8-6-4-5-7-9-11(10)12/h10-11H,4-9H2,1-3H3. The summed E-state index contributed by atoms with van der Waals surface area (Å²) in [6.45, 7) is 0. The van der Waals surface area contributed by atoms with Gasteiger partial charge in [-0.1, -0.05) is 37.3 Å². The fourth-order valence-electron chi connectivity index (χ4n) is 3.20. The number of allylic oxidation sites excluding steroid dienone is 1. The van der Waals surface area contributed by atoms with E-state index >= 15 is 0 Å². The topological polar surface area (TPSA) is 27.7 Å². The van der Waals surface area contributed by atoms with E-state index in [1.54, 1.807) is 21.3 Å². The fourth-order valence-corrected chi connectivity index (χ4v) is 3.71. The molecule has 0 aromatic heterocycles. The molecular weight excluding hydrogens is 252 g/mol. The van der Waals surface area contributed by atoms with Crippen molar-refractivity contribution in [1.82, 2.24) is 0 Å². The molecule has 18 heavy (non-hydrogen) atoms. The van der Waals surface area contributed by atoms with E-state index in [-0.39, 0.29) is 0 Å². The lowest BCUT2D eigenvalue weighted by molar-refractivity contribution is -0.322. The van der Waals surface area contributed by atoms with Gasteiger partial charge in [-0.25, -0.2) is 0 Å². The zero-order chi connectivity index (χ0) is 13.2. The maximum atomic E-state index is 6.49. The van der Waals surface area contributed by atoms with Crippen molar-refractivity contribution in [3.8, 4) is 0 Å². The Morgan fingerprint density at radius 2 is 1.39 bits per heavy atom. The molecule has 0 heterocycles. The summed E-state index contributed by atoms with van der Waals surface area (Å²) in [5.41, 5.74) is 1.30. The average Bonchev–Trinajstić information content (AvgIpc) is 3.03. The van der Waals surface area contributed by atoms with Crippen LogP contribution >= 0.6 is 11.6 Å². The number of ether oxygens (including phenoxy) is 3. The largest absolute Gasteiger partial charge is 0.326 e. The van der Waals surface area contributed by atoms with Gasteiger partial charge in [-0.2, -0.15) is 0 Å². The van der Waals surface area contributed by atoms with E-state index in [1.165, 1.54) is 44.1 Å².